The molecule has 0 aromatic carbocycles. The van der Waals surface area contributed by atoms with E-state index in [2.05, 4.69) is 0 Å². The van der Waals surface area contributed by atoms with Gasteiger partial charge in [-0.15, -0.1) is 11.6 Å². The minimum absolute atomic E-state index is 0.456. The van der Waals surface area contributed by atoms with Crippen LogP contribution in [-0.2, 0) is 23.7 Å². The van der Waals surface area contributed by atoms with Gasteiger partial charge in [-0.25, -0.2) is 0 Å². The van der Waals surface area contributed by atoms with E-state index < -0.39 is 86.5 Å². The van der Waals surface area contributed by atoms with Gasteiger partial charge in [-0.1, -0.05) is 0 Å². The smallest absolute Gasteiger partial charge is 0.320 e. The molecule has 0 radical (unpaired) electrons. The first-order valence-electron chi connectivity index (χ1n) is 8.05. The van der Waals surface area contributed by atoms with E-state index in [4.69, 9.17) is 35.7 Å². The predicted molar refractivity (Wildman–Crippen MR) is 83.2 cm³/mol. The summed E-state index contributed by atoms with van der Waals surface area (Å²) >= 11 is 5.29. The highest BCUT2D eigenvalue weighted by Gasteiger charge is 2.58. The lowest BCUT2D eigenvalue weighted by molar-refractivity contribution is -0.383. The number of carbonyl (C=O) groups is 1. The van der Waals surface area contributed by atoms with Crippen LogP contribution in [0, 0.1) is 0 Å². The van der Waals surface area contributed by atoms with Crippen molar-refractivity contribution < 1.29 is 59.5 Å². The molecular weight excluding hydrogens is 396 g/mol. The Morgan fingerprint density at radius 1 is 1.00 bits per heavy atom. The number of halogens is 1. The van der Waals surface area contributed by atoms with E-state index in [0.29, 0.717) is 0 Å². The molecule has 0 unspecified atom stereocenters. The Morgan fingerprint density at radius 2 is 1.67 bits per heavy atom. The van der Waals surface area contributed by atoms with Crippen molar-refractivity contribution in [2.45, 2.75) is 54.8 Å². The van der Waals surface area contributed by atoms with E-state index in [-0.39, 0.29) is 0 Å². The monoisotopic (exact) mass is 418 g/mol. The van der Waals surface area contributed by atoms with Crippen LogP contribution in [0.5, 0.6) is 0 Å². The summed E-state index contributed by atoms with van der Waals surface area (Å²) < 4.78 is 20.5. The maximum atomic E-state index is 11.1. The molecule has 9 atom stereocenters. The van der Waals surface area contributed by atoms with E-state index in [1.807, 2.05) is 0 Å². The first kappa shape index (κ1) is 22.6. The number of alkyl halides is 1. The lowest BCUT2D eigenvalue weighted by Gasteiger charge is -2.43. The molecule has 7 N–H and O–H groups in total. The van der Waals surface area contributed by atoms with Gasteiger partial charge in [-0.05, 0) is 0 Å². The van der Waals surface area contributed by atoms with Gasteiger partial charge in [0.15, 0.2) is 6.29 Å². The van der Waals surface area contributed by atoms with Crippen molar-refractivity contribution in [1.82, 2.24) is 0 Å². The van der Waals surface area contributed by atoms with Crippen LogP contribution in [0.2, 0.25) is 0 Å². The molecule has 2 heterocycles. The quantitative estimate of drug-likeness (QED) is 0.154. The third-order valence-electron chi connectivity index (χ3n) is 4.41. The summed E-state index contributed by atoms with van der Waals surface area (Å²) in [6.45, 7) is -2.23. The van der Waals surface area contributed by atoms with Crippen molar-refractivity contribution in [2.24, 2.45) is 0 Å². The number of aliphatic hydroxyl groups is 7. The van der Waals surface area contributed by atoms with E-state index in [9.17, 15) is 35.4 Å². The number of ether oxygens (including phenoxy) is 4. The predicted octanol–water partition coefficient (Wildman–Crippen LogP) is -4.61. The van der Waals surface area contributed by atoms with Gasteiger partial charge in [0, 0.05) is 0 Å². The van der Waals surface area contributed by atoms with E-state index in [0.717, 1.165) is 0 Å². The third-order valence-corrected chi connectivity index (χ3v) is 4.63. The van der Waals surface area contributed by atoms with Crippen molar-refractivity contribution in [2.75, 3.05) is 25.7 Å². The number of carbonyl (C=O) groups excluding carboxylic acids is 1. The molecule has 0 aromatic heterocycles. The summed E-state index contributed by atoms with van der Waals surface area (Å²) in [6.07, 6.45) is -13.1. The van der Waals surface area contributed by atoms with Crippen LogP contribution in [0.3, 0.4) is 0 Å². The standard InChI is InChI=1S/C14H23ClO12/c15-1-7(18)24-3-6-8(19)10(21)11(22)13(25-6)27-14(4-17)12(23)9(20)5(2-16)26-14/h5-6,8-13,16-17,19-23H,1-4H2/t5-,6-,8-,9-,10+,11-,12+,13-,14+/m1/s1. The molecule has 0 amide bonds. The second kappa shape index (κ2) is 9.24. The highest BCUT2D eigenvalue weighted by molar-refractivity contribution is 6.26. The zero-order chi connectivity index (χ0) is 20.4. The van der Waals surface area contributed by atoms with E-state index in [1.54, 1.807) is 0 Å². The maximum absolute atomic E-state index is 11.1. The molecule has 2 fully saturated rings. The third kappa shape index (κ3) is 4.52. The van der Waals surface area contributed by atoms with Crippen LogP contribution < -0.4 is 0 Å². The number of rotatable bonds is 7. The summed E-state index contributed by atoms with van der Waals surface area (Å²) in [5.41, 5.74) is 0. The average molecular weight is 419 g/mol. The second-order valence-electron chi connectivity index (χ2n) is 6.19. The van der Waals surface area contributed by atoms with Gasteiger partial charge in [0.2, 0.25) is 5.79 Å². The second-order valence-corrected chi connectivity index (χ2v) is 6.46. The van der Waals surface area contributed by atoms with E-state index in [1.165, 1.54) is 0 Å². The molecule has 0 saturated carbocycles. The molecule has 2 rings (SSSR count). The fourth-order valence-corrected chi connectivity index (χ4v) is 2.91. The maximum Gasteiger partial charge on any atom is 0.320 e. The Balaban J connectivity index is 2.14. The molecule has 2 saturated heterocycles. The van der Waals surface area contributed by atoms with Crippen LogP contribution >= 0.6 is 11.6 Å². The molecule has 2 aliphatic heterocycles. The molecule has 0 spiro atoms. The number of hydrogen-bond donors (Lipinski definition) is 7. The van der Waals surface area contributed by atoms with Gasteiger partial charge in [0.05, 0.1) is 6.61 Å². The normalized spacial score (nSPS) is 45.0. The van der Waals surface area contributed by atoms with E-state index >= 15 is 0 Å². The number of hydrogen-bond acceptors (Lipinski definition) is 12. The Labute approximate surface area is 158 Å². The zero-order valence-electron chi connectivity index (χ0n) is 14.0. The van der Waals surface area contributed by atoms with Gasteiger partial charge >= 0.3 is 5.97 Å². The highest BCUT2D eigenvalue weighted by atomic mass is 35.5. The van der Waals surface area contributed by atoms with Crippen molar-refractivity contribution >= 4 is 17.6 Å². The van der Waals surface area contributed by atoms with Gasteiger partial charge in [0.1, 0.15) is 61.8 Å². The summed E-state index contributed by atoms with van der Waals surface area (Å²) in [4.78, 5) is 11.1. The Kier molecular flexibility index (Phi) is 7.75. The molecule has 0 aromatic rings. The van der Waals surface area contributed by atoms with Gasteiger partial charge in [-0.3, -0.25) is 4.79 Å². The van der Waals surface area contributed by atoms with Crippen LogP contribution in [-0.4, -0.2) is 122 Å². The number of aliphatic hydroxyl groups excluding tert-OH is 7. The lowest BCUT2D eigenvalue weighted by atomic mass is 9.99. The number of esters is 1. The van der Waals surface area contributed by atoms with Crippen LogP contribution in [0.4, 0.5) is 0 Å². The van der Waals surface area contributed by atoms with Gasteiger partial charge < -0.3 is 54.7 Å². The van der Waals surface area contributed by atoms with Crippen LogP contribution in [0.1, 0.15) is 0 Å². The highest BCUT2D eigenvalue weighted by Crippen LogP contribution is 2.35. The van der Waals surface area contributed by atoms with Crippen molar-refractivity contribution in [3.63, 3.8) is 0 Å². The Hall–Kier alpha value is -0.640. The molecular formula is C14H23ClO12. The molecule has 2 aliphatic rings. The summed E-state index contributed by atoms with van der Waals surface area (Å²) in [5.74, 6) is -3.55. The van der Waals surface area contributed by atoms with Crippen molar-refractivity contribution in [3.05, 3.63) is 0 Å². The molecule has 158 valence electrons. The largest absolute Gasteiger partial charge is 0.462 e. The van der Waals surface area contributed by atoms with Gasteiger partial charge in [-0.2, -0.15) is 0 Å². The first-order valence-corrected chi connectivity index (χ1v) is 8.59. The molecule has 0 bridgehead atoms. The summed E-state index contributed by atoms with van der Waals surface area (Å²) in [6, 6.07) is 0. The zero-order valence-corrected chi connectivity index (χ0v) is 14.8. The summed E-state index contributed by atoms with van der Waals surface area (Å²) in [5, 5.41) is 68.7. The van der Waals surface area contributed by atoms with Crippen molar-refractivity contribution in [1.29, 1.82) is 0 Å². The Bertz CT molecular complexity index is 508. The average Bonchev–Trinajstić information content (AvgIpc) is 2.92. The lowest BCUT2D eigenvalue weighted by Crippen LogP contribution is -2.62. The summed E-state index contributed by atoms with van der Waals surface area (Å²) in [7, 11) is 0. The fraction of sp³-hybridized carbons (Fsp3) is 0.929. The minimum Gasteiger partial charge on any atom is -0.462 e. The topological polar surface area (TPSA) is 196 Å². The van der Waals surface area contributed by atoms with Crippen LogP contribution in [0.25, 0.3) is 0 Å². The van der Waals surface area contributed by atoms with Gasteiger partial charge in [0.25, 0.3) is 0 Å². The SMILES string of the molecule is O=C(CCl)OC[C@H]1O[C@H](O[C@]2(CO)O[C@H](CO)[C@@H](O)[C@@H]2O)[C@H](O)[C@@H](O)[C@@H]1O. The molecule has 12 nitrogen and oxygen atoms in total. The minimum atomic E-state index is -2.28. The van der Waals surface area contributed by atoms with Crippen molar-refractivity contribution in [3.8, 4) is 0 Å². The molecule has 0 aliphatic carbocycles. The molecule has 13 heteroatoms. The van der Waals surface area contributed by atoms with Crippen LogP contribution in [0.15, 0.2) is 0 Å². The fourth-order valence-electron chi connectivity index (χ4n) is 2.83. The first-order chi connectivity index (χ1) is 12.7. The molecule has 27 heavy (non-hydrogen) atoms. The Morgan fingerprint density at radius 3 is 2.19 bits per heavy atom.